The van der Waals surface area contributed by atoms with Crippen molar-refractivity contribution in [3.8, 4) is 0 Å². The van der Waals surface area contributed by atoms with Gasteiger partial charge in [0, 0.05) is 15.8 Å². The topological polar surface area (TPSA) is 58.2 Å². The third-order valence-electron chi connectivity index (χ3n) is 2.88. The van der Waals surface area contributed by atoms with E-state index in [1.54, 1.807) is 12.1 Å². The fraction of sp³-hybridized carbons (Fsp3) is 0.200. The van der Waals surface area contributed by atoms with Crippen molar-refractivity contribution >= 4 is 38.3 Å². The van der Waals surface area contributed by atoms with Crippen molar-refractivity contribution in [1.82, 2.24) is 5.32 Å². The quantitative estimate of drug-likeness (QED) is 0.713. The van der Waals surface area contributed by atoms with Gasteiger partial charge in [-0.25, -0.2) is 8.42 Å². The highest BCUT2D eigenvalue weighted by molar-refractivity contribution is 14.1. The Balaban J connectivity index is 2.04. The molecule has 0 saturated carbocycles. The average Bonchev–Trinajstić information content (AvgIpc) is 2.43. The third kappa shape index (κ3) is 5.29. The van der Waals surface area contributed by atoms with Gasteiger partial charge in [0.05, 0.1) is 5.75 Å². The lowest BCUT2D eigenvalue weighted by atomic mass is 10.1. The van der Waals surface area contributed by atoms with Gasteiger partial charge < -0.3 is 5.32 Å². The molecule has 2 aromatic rings. The number of benzene rings is 2. The highest BCUT2D eigenvalue weighted by Gasteiger charge is 2.11. The summed E-state index contributed by atoms with van der Waals surface area (Å²) in [6.45, 7) is 0.772. The first-order valence-electron chi connectivity index (χ1n) is 6.47. The fourth-order valence-electron chi connectivity index (χ4n) is 1.91. The number of anilines is 1. The van der Waals surface area contributed by atoms with Gasteiger partial charge in [0.1, 0.15) is 0 Å². The number of rotatable bonds is 6. The van der Waals surface area contributed by atoms with Gasteiger partial charge in [-0.05, 0) is 65.0 Å². The second-order valence-corrected chi connectivity index (χ2v) is 7.68. The standard InChI is InChI=1S/C15H17IN2O2S/c1-17-10-12-2-4-13(5-3-12)11-21(19,20)18-15-8-6-14(16)7-9-15/h2-9,17-18H,10-11H2,1H3. The van der Waals surface area contributed by atoms with Crippen molar-refractivity contribution in [2.75, 3.05) is 11.8 Å². The van der Waals surface area contributed by atoms with Crippen LogP contribution in [0.1, 0.15) is 11.1 Å². The minimum atomic E-state index is -3.39. The molecule has 0 amide bonds. The lowest BCUT2D eigenvalue weighted by molar-refractivity contribution is 0.600. The molecule has 0 fully saturated rings. The summed E-state index contributed by atoms with van der Waals surface area (Å²) in [6.07, 6.45) is 0. The summed E-state index contributed by atoms with van der Waals surface area (Å²) in [5.41, 5.74) is 2.49. The molecule has 0 atom stereocenters. The number of halogens is 1. The molecule has 0 heterocycles. The molecular weight excluding hydrogens is 399 g/mol. The number of nitrogens with one attached hydrogen (secondary N) is 2. The van der Waals surface area contributed by atoms with Crippen LogP contribution in [0.15, 0.2) is 48.5 Å². The predicted octanol–water partition coefficient (Wildman–Crippen LogP) is 2.95. The van der Waals surface area contributed by atoms with E-state index in [4.69, 9.17) is 0 Å². The van der Waals surface area contributed by atoms with Crippen molar-refractivity contribution in [1.29, 1.82) is 0 Å². The molecule has 2 aromatic carbocycles. The average molecular weight is 416 g/mol. The van der Waals surface area contributed by atoms with Crippen LogP contribution in [0.2, 0.25) is 0 Å². The van der Waals surface area contributed by atoms with Crippen molar-refractivity contribution in [3.63, 3.8) is 0 Å². The lowest BCUT2D eigenvalue weighted by Crippen LogP contribution is -2.15. The molecule has 2 N–H and O–H groups in total. The smallest absolute Gasteiger partial charge is 0.236 e. The zero-order chi connectivity index (χ0) is 15.3. The van der Waals surface area contributed by atoms with Gasteiger partial charge in [-0.1, -0.05) is 24.3 Å². The van der Waals surface area contributed by atoms with Crippen LogP contribution in [-0.2, 0) is 22.3 Å². The van der Waals surface area contributed by atoms with Crippen LogP contribution in [0.4, 0.5) is 5.69 Å². The summed E-state index contributed by atoms with van der Waals surface area (Å²) in [7, 11) is -1.52. The number of hydrogen-bond acceptors (Lipinski definition) is 3. The molecule has 0 aliphatic carbocycles. The van der Waals surface area contributed by atoms with Crippen LogP contribution in [-0.4, -0.2) is 15.5 Å². The normalized spacial score (nSPS) is 11.3. The molecule has 0 saturated heterocycles. The molecule has 112 valence electrons. The molecular formula is C15H17IN2O2S. The SMILES string of the molecule is CNCc1ccc(CS(=O)(=O)Nc2ccc(I)cc2)cc1. The van der Waals surface area contributed by atoms with Crippen LogP contribution in [0.3, 0.4) is 0 Å². The maximum Gasteiger partial charge on any atom is 0.236 e. The molecule has 6 heteroatoms. The second kappa shape index (κ2) is 7.24. The van der Waals surface area contributed by atoms with Crippen molar-refractivity contribution in [2.45, 2.75) is 12.3 Å². The Hall–Kier alpha value is -1.12. The molecule has 0 unspecified atom stereocenters. The first-order valence-corrected chi connectivity index (χ1v) is 9.20. The van der Waals surface area contributed by atoms with Crippen LogP contribution in [0.25, 0.3) is 0 Å². The van der Waals surface area contributed by atoms with Gasteiger partial charge in [0.15, 0.2) is 0 Å². The number of hydrogen-bond donors (Lipinski definition) is 2. The van der Waals surface area contributed by atoms with Crippen LogP contribution in [0.5, 0.6) is 0 Å². The maximum atomic E-state index is 12.1. The molecule has 0 radical (unpaired) electrons. The summed E-state index contributed by atoms with van der Waals surface area (Å²) in [4.78, 5) is 0. The maximum absolute atomic E-state index is 12.1. The van der Waals surface area contributed by atoms with Gasteiger partial charge in [-0.2, -0.15) is 0 Å². The van der Waals surface area contributed by atoms with E-state index in [-0.39, 0.29) is 5.75 Å². The Bertz CT molecular complexity index is 683. The van der Waals surface area contributed by atoms with E-state index in [0.717, 1.165) is 21.2 Å². The molecule has 0 aliphatic heterocycles. The monoisotopic (exact) mass is 416 g/mol. The highest BCUT2D eigenvalue weighted by atomic mass is 127. The predicted molar refractivity (Wildman–Crippen MR) is 94.6 cm³/mol. The van der Waals surface area contributed by atoms with Crippen molar-refractivity contribution in [3.05, 3.63) is 63.2 Å². The minimum Gasteiger partial charge on any atom is -0.316 e. The van der Waals surface area contributed by atoms with Crippen molar-refractivity contribution < 1.29 is 8.42 Å². The van der Waals surface area contributed by atoms with E-state index < -0.39 is 10.0 Å². The summed E-state index contributed by atoms with van der Waals surface area (Å²) in [5.74, 6) is -0.0289. The first kappa shape index (κ1) is 16.3. The van der Waals surface area contributed by atoms with Crippen LogP contribution >= 0.6 is 22.6 Å². The fourth-order valence-corrected chi connectivity index (χ4v) is 3.47. The Morgan fingerprint density at radius 3 is 2.10 bits per heavy atom. The minimum absolute atomic E-state index is 0.0289. The highest BCUT2D eigenvalue weighted by Crippen LogP contribution is 2.15. The number of sulfonamides is 1. The molecule has 0 aliphatic rings. The largest absolute Gasteiger partial charge is 0.316 e. The van der Waals surface area contributed by atoms with Crippen molar-refractivity contribution in [2.24, 2.45) is 0 Å². The first-order chi connectivity index (χ1) is 9.98. The molecule has 4 nitrogen and oxygen atoms in total. The zero-order valence-corrected chi connectivity index (χ0v) is 14.6. The zero-order valence-electron chi connectivity index (χ0n) is 11.6. The Labute approximate surface area is 139 Å². The summed E-state index contributed by atoms with van der Waals surface area (Å²) >= 11 is 2.18. The van der Waals surface area contributed by atoms with Crippen LogP contribution in [0, 0.1) is 3.57 Å². The Kier molecular flexibility index (Phi) is 5.60. The van der Waals surface area contributed by atoms with E-state index in [1.807, 2.05) is 43.4 Å². The van der Waals surface area contributed by atoms with E-state index in [0.29, 0.717) is 5.69 Å². The molecule has 0 aromatic heterocycles. The van der Waals surface area contributed by atoms with E-state index in [1.165, 1.54) is 0 Å². The van der Waals surface area contributed by atoms with Gasteiger partial charge in [0.2, 0.25) is 10.0 Å². The Morgan fingerprint density at radius 1 is 0.952 bits per heavy atom. The summed E-state index contributed by atoms with van der Waals surface area (Å²) in [5, 5.41) is 3.06. The molecule has 21 heavy (non-hydrogen) atoms. The molecule has 2 rings (SSSR count). The Morgan fingerprint density at radius 2 is 1.52 bits per heavy atom. The van der Waals surface area contributed by atoms with Gasteiger partial charge in [-0.3, -0.25) is 4.72 Å². The van der Waals surface area contributed by atoms with Gasteiger partial charge >= 0.3 is 0 Å². The van der Waals surface area contributed by atoms with Gasteiger partial charge in [-0.15, -0.1) is 0 Å². The van der Waals surface area contributed by atoms with Gasteiger partial charge in [0.25, 0.3) is 0 Å². The van der Waals surface area contributed by atoms with Crippen LogP contribution < -0.4 is 10.0 Å². The van der Waals surface area contributed by atoms with E-state index in [9.17, 15) is 8.42 Å². The van der Waals surface area contributed by atoms with E-state index >= 15 is 0 Å². The second-order valence-electron chi connectivity index (χ2n) is 4.71. The third-order valence-corrected chi connectivity index (χ3v) is 4.86. The van der Waals surface area contributed by atoms with E-state index in [2.05, 4.69) is 32.6 Å². The summed E-state index contributed by atoms with van der Waals surface area (Å²) < 4.78 is 27.9. The lowest BCUT2D eigenvalue weighted by Gasteiger charge is -2.09. The molecule has 0 bridgehead atoms. The summed E-state index contributed by atoms with van der Waals surface area (Å²) in [6, 6.07) is 14.8. The molecule has 0 spiro atoms.